The van der Waals surface area contributed by atoms with Crippen molar-refractivity contribution in [1.82, 2.24) is 4.90 Å². The smallest absolute Gasteiger partial charge is 0.306 e. The highest BCUT2D eigenvalue weighted by Crippen LogP contribution is 2.28. The van der Waals surface area contributed by atoms with Gasteiger partial charge in [0.1, 0.15) is 0 Å². The van der Waals surface area contributed by atoms with E-state index in [9.17, 15) is 4.79 Å². The summed E-state index contributed by atoms with van der Waals surface area (Å²) in [6, 6.07) is 0.552. The third kappa shape index (κ3) is 3.18. The molecule has 0 aromatic carbocycles. The maximum absolute atomic E-state index is 10.6. The van der Waals surface area contributed by atoms with Crippen LogP contribution in [-0.2, 0) is 14.3 Å². The van der Waals surface area contributed by atoms with E-state index in [1.807, 2.05) is 0 Å². The SMILES string of the molecule is CC(C)N1CCC(C2OCC(CC(=O)O)O2)C1. The standard InChI is InChI=1S/C12H21NO4/c1-8(2)13-4-3-9(6-13)12-16-7-10(17-12)5-11(14)15/h8-10,12H,3-7H2,1-2H3,(H,14,15). The molecule has 0 aromatic heterocycles. The van der Waals surface area contributed by atoms with Crippen LogP contribution in [-0.4, -0.2) is 54.1 Å². The molecule has 0 aliphatic carbocycles. The molecule has 2 rings (SSSR count). The van der Waals surface area contributed by atoms with Crippen molar-refractivity contribution in [3.63, 3.8) is 0 Å². The fourth-order valence-corrected chi connectivity index (χ4v) is 2.53. The van der Waals surface area contributed by atoms with Gasteiger partial charge in [0.25, 0.3) is 0 Å². The average molecular weight is 243 g/mol. The second-order valence-electron chi connectivity index (χ2n) is 5.20. The second kappa shape index (κ2) is 5.33. The van der Waals surface area contributed by atoms with Crippen molar-refractivity contribution >= 4 is 5.97 Å². The highest BCUT2D eigenvalue weighted by Gasteiger charge is 2.37. The molecule has 5 nitrogen and oxygen atoms in total. The number of likely N-dealkylation sites (tertiary alicyclic amines) is 1. The lowest BCUT2D eigenvalue weighted by Gasteiger charge is -2.22. The summed E-state index contributed by atoms with van der Waals surface area (Å²) in [4.78, 5) is 13.0. The molecule has 2 saturated heterocycles. The highest BCUT2D eigenvalue weighted by atomic mass is 16.7. The predicted molar refractivity (Wildman–Crippen MR) is 61.7 cm³/mol. The minimum Gasteiger partial charge on any atom is -0.481 e. The lowest BCUT2D eigenvalue weighted by molar-refractivity contribution is -0.141. The minimum atomic E-state index is -0.825. The maximum Gasteiger partial charge on any atom is 0.306 e. The number of aliphatic carboxylic acids is 1. The molecule has 2 aliphatic rings. The highest BCUT2D eigenvalue weighted by molar-refractivity contribution is 5.67. The van der Waals surface area contributed by atoms with Crippen LogP contribution in [0.2, 0.25) is 0 Å². The van der Waals surface area contributed by atoms with E-state index in [0.717, 1.165) is 19.5 Å². The number of nitrogens with zero attached hydrogens (tertiary/aromatic N) is 1. The number of carboxylic acids is 1. The summed E-state index contributed by atoms with van der Waals surface area (Å²) in [6.07, 6.45) is 0.633. The number of rotatable bonds is 4. The first-order valence-corrected chi connectivity index (χ1v) is 6.29. The van der Waals surface area contributed by atoms with Gasteiger partial charge in [-0.2, -0.15) is 0 Å². The Balaban J connectivity index is 1.79. The third-order valence-electron chi connectivity index (χ3n) is 3.55. The Bertz CT molecular complexity index is 282. The molecule has 3 unspecified atom stereocenters. The van der Waals surface area contributed by atoms with Gasteiger partial charge in [-0.1, -0.05) is 0 Å². The molecule has 2 heterocycles. The summed E-state index contributed by atoms with van der Waals surface area (Å²) in [5, 5.41) is 8.70. The molecule has 2 aliphatic heterocycles. The number of hydrogen-bond acceptors (Lipinski definition) is 4. The van der Waals surface area contributed by atoms with Crippen molar-refractivity contribution in [3.05, 3.63) is 0 Å². The van der Waals surface area contributed by atoms with Crippen molar-refractivity contribution in [2.45, 2.75) is 45.1 Å². The van der Waals surface area contributed by atoms with E-state index in [1.54, 1.807) is 0 Å². The van der Waals surface area contributed by atoms with E-state index in [4.69, 9.17) is 14.6 Å². The zero-order chi connectivity index (χ0) is 12.4. The predicted octanol–water partition coefficient (Wildman–Crippen LogP) is 0.933. The van der Waals surface area contributed by atoms with Gasteiger partial charge in [0, 0.05) is 18.5 Å². The van der Waals surface area contributed by atoms with Crippen LogP contribution in [0.5, 0.6) is 0 Å². The van der Waals surface area contributed by atoms with Crippen LogP contribution < -0.4 is 0 Å². The fourth-order valence-electron chi connectivity index (χ4n) is 2.53. The van der Waals surface area contributed by atoms with E-state index < -0.39 is 5.97 Å². The fraction of sp³-hybridized carbons (Fsp3) is 0.917. The third-order valence-corrected chi connectivity index (χ3v) is 3.55. The Morgan fingerprint density at radius 3 is 2.88 bits per heavy atom. The van der Waals surface area contributed by atoms with Crippen molar-refractivity contribution < 1.29 is 19.4 Å². The number of carboxylic acid groups (broad SMARTS) is 1. The maximum atomic E-state index is 10.6. The molecule has 5 heteroatoms. The normalized spacial score (nSPS) is 34.6. The Hall–Kier alpha value is -0.650. The van der Waals surface area contributed by atoms with Crippen LogP contribution in [0.3, 0.4) is 0 Å². The van der Waals surface area contributed by atoms with E-state index in [2.05, 4.69) is 18.7 Å². The molecule has 0 bridgehead atoms. The van der Waals surface area contributed by atoms with Crippen molar-refractivity contribution in [2.24, 2.45) is 5.92 Å². The van der Waals surface area contributed by atoms with Gasteiger partial charge in [0.2, 0.25) is 0 Å². The monoisotopic (exact) mass is 243 g/mol. The first-order valence-electron chi connectivity index (χ1n) is 6.29. The molecule has 17 heavy (non-hydrogen) atoms. The van der Waals surface area contributed by atoms with Crippen LogP contribution in [0.1, 0.15) is 26.7 Å². The van der Waals surface area contributed by atoms with E-state index in [-0.39, 0.29) is 18.8 Å². The van der Waals surface area contributed by atoms with Crippen molar-refractivity contribution in [2.75, 3.05) is 19.7 Å². The van der Waals surface area contributed by atoms with Gasteiger partial charge >= 0.3 is 5.97 Å². The first kappa shape index (κ1) is 12.8. The van der Waals surface area contributed by atoms with Gasteiger partial charge < -0.3 is 19.5 Å². The minimum absolute atomic E-state index is 0.0388. The molecule has 0 spiro atoms. The zero-order valence-electron chi connectivity index (χ0n) is 10.5. The van der Waals surface area contributed by atoms with Crippen LogP contribution in [0.4, 0.5) is 0 Å². The summed E-state index contributed by atoms with van der Waals surface area (Å²) >= 11 is 0. The van der Waals surface area contributed by atoms with Crippen molar-refractivity contribution in [3.8, 4) is 0 Å². The average Bonchev–Trinajstić information content (AvgIpc) is 2.83. The molecule has 3 atom stereocenters. The molecule has 0 saturated carbocycles. The van der Waals surface area contributed by atoms with Gasteiger partial charge in [0.15, 0.2) is 6.29 Å². The van der Waals surface area contributed by atoms with E-state index in [0.29, 0.717) is 18.6 Å². The summed E-state index contributed by atoms with van der Waals surface area (Å²) < 4.78 is 11.2. The Labute approximate surface area is 102 Å². The van der Waals surface area contributed by atoms with Gasteiger partial charge in [-0.25, -0.2) is 0 Å². The molecule has 0 radical (unpaired) electrons. The molecule has 0 aromatic rings. The van der Waals surface area contributed by atoms with Crippen LogP contribution in [0.15, 0.2) is 0 Å². The summed E-state index contributed by atoms with van der Waals surface area (Å²) in [6.45, 7) is 6.85. The first-order chi connectivity index (χ1) is 8.06. The topological polar surface area (TPSA) is 59.0 Å². The molecule has 0 amide bonds. The lowest BCUT2D eigenvalue weighted by atomic mass is 10.1. The van der Waals surface area contributed by atoms with Crippen LogP contribution in [0.25, 0.3) is 0 Å². The molecule has 1 N–H and O–H groups in total. The summed E-state index contributed by atoms with van der Waals surface area (Å²) in [5.41, 5.74) is 0. The quantitative estimate of drug-likeness (QED) is 0.796. The van der Waals surface area contributed by atoms with E-state index >= 15 is 0 Å². The molecule has 98 valence electrons. The summed E-state index contributed by atoms with van der Waals surface area (Å²) in [7, 11) is 0. The summed E-state index contributed by atoms with van der Waals surface area (Å²) in [5.74, 6) is -0.439. The largest absolute Gasteiger partial charge is 0.481 e. The lowest BCUT2D eigenvalue weighted by Crippen LogP contribution is -2.31. The Kier molecular flexibility index (Phi) is 4.01. The number of carbonyl (C=O) groups is 1. The molecular weight excluding hydrogens is 222 g/mol. The van der Waals surface area contributed by atoms with Crippen LogP contribution in [0, 0.1) is 5.92 Å². The Morgan fingerprint density at radius 2 is 2.29 bits per heavy atom. The van der Waals surface area contributed by atoms with Gasteiger partial charge in [0.05, 0.1) is 19.1 Å². The van der Waals surface area contributed by atoms with E-state index in [1.165, 1.54) is 0 Å². The molecule has 2 fully saturated rings. The van der Waals surface area contributed by atoms with Crippen molar-refractivity contribution in [1.29, 1.82) is 0 Å². The van der Waals surface area contributed by atoms with Gasteiger partial charge in [-0.3, -0.25) is 4.79 Å². The van der Waals surface area contributed by atoms with Gasteiger partial charge in [-0.15, -0.1) is 0 Å². The second-order valence-corrected chi connectivity index (χ2v) is 5.20. The zero-order valence-corrected chi connectivity index (χ0v) is 10.5. The number of ether oxygens (including phenoxy) is 2. The molecular formula is C12H21NO4. The number of hydrogen-bond donors (Lipinski definition) is 1. The van der Waals surface area contributed by atoms with Gasteiger partial charge in [-0.05, 0) is 26.8 Å². The Morgan fingerprint density at radius 1 is 1.53 bits per heavy atom. The van der Waals surface area contributed by atoms with Crippen LogP contribution >= 0.6 is 0 Å².